The van der Waals surface area contributed by atoms with Gasteiger partial charge in [0.15, 0.2) is 0 Å². The summed E-state index contributed by atoms with van der Waals surface area (Å²) in [6.45, 7) is 12.2. The van der Waals surface area contributed by atoms with Crippen LogP contribution in [0.25, 0.3) is 21.5 Å². The van der Waals surface area contributed by atoms with Crippen LogP contribution in [0.15, 0.2) is 31.3 Å². The van der Waals surface area contributed by atoms with Crippen LogP contribution >= 0.6 is 0 Å². The van der Waals surface area contributed by atoms with E-state index >= 15 is 0 Å². The molecule has 1 fully saturated rings. The zero-order chi connectivity index (χ0) is 41.0. The lowest BCUT2D eigenvalue weighted by molar-refractivity contribution is 0.0741. The molecule has 1 aliphatic rings. The molecule has 2 aromatic heterocycles. The summed E-state index contributed by atoms with van der Waals surface area (Å²) in [7, 11) is 0. The number of aromatic nitrogens is 2. The Kier molecular flexibility index (Phi) is 21.4. The minimum atomic E-state index is -0.506. The zero-order valence-electron chi connectivity index (χ0n) is 37.4. The number of nitrogens with zero attached hydrogens (tertiary/aromatic N) is 1. The van der Waals surface area contributed by atoms with Gasteiger partial charge in [0.05, 0.1) is 21.5 Å². The molecule has 0 amide bonds. The van der Waals surface area contributed by atoms with E-state index in [9.17, 15) is 19.2 Å². The predicted octanol–water partition coefficient (Wildman–Crippen LogP) is 13.6. The van der Waals surface area contributed by atoms with Crippen molar-refractivity contribution in [3.63, 3.8) is 0 Å². The lowest BCUT2D eigenvalue weighted by Gasteiger charge is -2.43. The Hall–Kier alpha value is -2.50. The van der Waals surface area contributed by atoms with Gasteiger partial charge in [0.2, 0.25) is 0 Å². The first-order chi connectivity index (χ1) is 27.7. The van der Waals surface area contributed by atoms with E-state index in [1.807, 2.05) is 0 Å². The third-order valence-corrected chi connectivity index (χ3v) is 14.5. The standard InChI is InChI=1S/C51H84N2O4/c1-6-8-10-12-20-26-32-43-41(30-24-11-9-7-2)34-40(35-42(43)31-25-19-14-13-17-22-28-39(5)38(3)4)29-23-18-15-16-21-27-33-53-50(56)46-36-44-45(37-47(46)51(53)57)49(55)52-48(44)54/h36-43H,6-35H2,1-5H3,(H,52,54,55). The first kappa shape index (κ1) is 47.2. The van der Waals surface area contributed by atoms with E-state index in [1.54, 1.807) is 0 Å². The van der Waals surface area contributed by atoms with Gasteiger partial charge in [-0.2, -0.15) is 0 Å². The van der Waals surface area contributed by atoms with Gasteiger partial charge in [0, 0.05) is 6.54 Å². The van der Waals surface area contributed by atoms with Crippen LogP contribution in [0, 0.1) is 35.5 Å². The topological polar surface area (TPSA) is 89.0 Å². The quantitative estimate of drug-likeness (QED) is 0.0658. The zero-order valence-corrected chi connectivity index (χ0v) is 37.4. The summed E-state index contributed by atoms with van der Waals surface area (Å²) in [5, 5.41) is 0.847. The number of fused-ring (bicyclic) bond motifs is 2. The van der Waals surface area contributed by atoms with Crippen molar-refractivity contribution < 1.29 is 0 Å². The van der Waals surface area contributed by atoms with Gasteiger partial charge < -0.3 is 0 Å². The molecule has 1 saturated carbocycles. The lowest BCUT2D eigenvalue weighted by atomic mass is 9.62. The highest BCUT2D eigenvalue weighted by atomic mass is 16.2. The Morgan fingerprint density at radius 1 is 0.526 bits per heavy atom. The molecule has 6 heteroatoms. The predicted molar refractivity (Wildman–Crippen MR) is 244 cm³/mol. The van der Waals surface area contributed by atoms with Crippen molar-refractivity contribution >= 4 is 21.5 Å². The summed E-state index contributed by atoms with van der Waals surface area (Å²) in [5.74, 6) is 5.39. The monoisotopic (exact) mass is 789 g/mol. The minimum absolute atomic E-state index is 0.185. The molecule has 0 spiro atoms. The second-order valence-electron chi connectivity index (χ2n) is 19.2. The Balaban J connectivity index is 1.23. The molecular formula is C51H84N2O4. The fourth-order valence-electron chi connectivity index (χ4n) is 10.5. The lowest BCUT2D eigenvalue weighted by Crippen LogP contribution is -2.33. The molecule has 1 aromatic carbocycles. The fourth-order valence-corrected chi connectivity index (χ4v) is 10.5. The fraction of sp³-hybridized carbons (Fsp3) is 0.804. The number of hydrogen-bond donors (Lipinski definition) is 1. The molecule has 0 saturated heterocycles. The van der Waals surface area contributed by atoms with Crippen molar-refractivity contribution in [2.45, 2.75) is 227 Å². The molecule has 5 atom stereocenters. The van der Waals surface area contributed by atoms with Gasteiger partial charge in [0.25, 0.3) is 22.2 Å². The van der Waals surface area contributed by atoms with Crippen LogP contribution in [-0.2, 0) is 6.54 Å². The Morgan fingerprint density at radius 3 is 1.46 bits per heavy atom. The molecule has 1 aliphatic carbocycles. The van der Waals surface area contributed by atoms with E-state index in [2.05, 4.69) is 39.6 Å². The van der Waals surface area contributed by atoms with E-state index in [4.69, 9.17) is 0 Å². The number of nitrogens with one attached hydrogen (secondary N) is 1. The van der Waals surface area contributed by atoms with Gasteiger partial charge >= 0.3 is 0 Å². The normalized spacial score (nSPS) is 19.4. The van der Waals surface area contributed by atoms with Crippen molar-refractivity contribution in [2.75, 3.05) is 0 Å². The minimum Gasteiger partial charge on any atom is -0.288 e. The van der Waals surface area contributed by atoms with E-state index in [-0.39, 0.29) is 32.7 Å². The van der Waals surface area contributed by atoms with E-state index in [1.165, 1.54) is 184 Å². The first-order valence-electron chi connectivity index (χ1n) is 24.6. The van der Waals surface area contributed by atoms with Crippen molar-refractivity contribution in [1.29, 1.82) is 0 Å². The van der Waals surface area contributed by atoms with Gasteiger partial charge in [0.1, 0.15) is 0 Å². The summed E-state index contributed by atoms with van der Waals surface area (Å²) < 4.78 is 1.30. The molecule has 322 valence electrons. The molecular weight excluding hydrogens is 705 g/mol. The van der Waals surface area contributed by atoms with E-state index < -0.39 is 11.1 Å². The van der Waals surface area contributed by atoms with E-state index in [0.29, 0.717) is 6.54 Å². The number of benzene rings is 1. The highest BCUT2D eigenvalue weighted by Gasteiger charge is 2.36. The van der Waals surface area contributed by atoms with Gasteiger partial charge in [-0.05, 0) is 73.3 Å². The van der Waals surface area contributed by atoms with Gasteiger partial charge in [-0.1, -0.05) is 195 Å². The van der Waals surface area contributed by atoms with Crippen molar-refractivity contribution in [3.8, 4) is 0 Å². The van der Waals surface area contributed by atoms with Gasteiger partial charge in [-0.15, -0.1) is 0 Å². The smallest absolute Gasteiger partial charge is 0.261 e. The molecule has 4 rings (SSSR count). The van der Waals surface area contributed by atoms with Crippen LogP contribution in [0.4, 0.5) is 0 Å². The second kappa shape index (κ2) is 25.9. The van der Waals surface area contributed by atoms with Crippen LogP contribution in [0.5, 0.6) is 0 Å². The number of aromatic amines is 1. The van der Waals surface area contributed by atoms with Crippen molar-refractivity contribution in [2.24, 2.45) is 35.5 Å². The Labute approximate surface area is 346 Å². The number of hydrogen-bond acceptors (Lipinski definition) is 4. The van der Waals surface area contributed by atoms with Crippen molar-refractivity contribution in [1.82, 2.24) is 9.55 Å². The van der Waals surface area contributed by atoms with Gasteiger partial charge in [-0.3, -0.25) is 28.7 Å². The summed E-state index contributed by atoms with van der Waals surface area (Å²) in [6.07, 6.45) is 39.4. The summed E-state index contributed by atoms with van der Waals surface area (Å²) in [6, 6.07) is 2.84. The molecule has 6 nitrogen and oxygen atoms in total. The average Bonchev–Trinajstić information content (AvgIpc) is 3.61. The Bertz CT molecular complexity index is 1680. The third-order valence-electron chi connectivity index (χ3n) is 14.5. The summed E-state index contributed by atoms with van der Waals surface area (Å²) in [4.78, 5) is 52.5. The molecule has 2 heterocycles. The molecule has 5 unspecified atom stereocenters. The number of rotatable bonds is 31. The molecule has 0 radical (unpaired) electrons. The number of unbranched alkanes of at least 4 members (excludes halogenated alkanes) is 18. The van der Waals surface area contributed by atoms with Crippen LogP contribution in [-0.4, -0.2) is 9.55 Å². The molecule has 0 aliphatic heterocycles. The first-order valence-corrected chi connectivity index (χ1v) is 24.6. The van der Waals surface area contributed by atoms with Crippen LogP contribution in [0.2, 0.25) is 0 Å². The molecule has 3 aromatic rings. The highest BCUT2D eigenvalue weighted by Crippen LogP contribution is 2.47. The maximum Gasteiger partial charge on any atom is 0.261 e. The van der Waals surface area contributed by atoms with Crippen LogP contribution in [0.1, 0.15) is 221 Å². The third kappa shape index (κ3) is 14.9. The van der Waals surface area contributed by atoms with Crippen LogP contribution < -0.4 is 22.2 Å². The summed E-state index contributed by atoms with van der Waals surface area (Å²) in [5.41, 5.74) is -1.71. The van der Waals surface area contributed by atoms with Crippen LogP contribution in [0.3, 0.4) is 0 Å². The Morgan fingerprint density at radius 2 is 0.947 bits per heavy atom. The number of H-pyrrole nitrogens is 1. The average molecular weight is 789 g/mol. The van der Waals surface area contributed by atoms with Crippen molar-refractivity contribution in [3.05, 3.63) is 53.5 Å². The maximum absolute atomic E-state index is 13.1. The summed E-state index contributed by atoms with van der Waals surface area (Å²) >= 11 is 0. The second-order valence-corrected chi connectivity index (χ2v) is 19.2. The molecule has 57 heavy (non-hydrogen) atoms. The van der Waals surface area contributed by atoms with Gasteiger partial charge in [-0.25, -0.2) is 0 Å². The largest absolute Gasteiger partial charge is 0.288 e. The van der Waals surface area contributed by atoms with E-state index in [0.717, 1.165) is 54.8 Å². The highest BCUT2D eigenvalue weighted by molar-refractivity contribution is 5.97. The molecule has 0 bridgehead atoms. The SMILES string of the molecule is CCCCCCCCC1C(CCCCCC)CC(CCCCCCCCn2c(=O)c3cc4c(=O)[nH]c(=O)c4cc3c2=O)CC1CCCCCCCCC(C)C(C)C. The molecule has 1 N–H and O–H groups in total. The maximum atomic E-state index is 13.1.